The molecule has 2 aromatic carbocycles. The normalized spacial score (nSPS) is 15.4. The van der Waals surface area contributed by atoms with Gasteiger partial charge in [0.05, 0.1) is 15.6 Å². The Morgan fingerprint density at radius 3 is 2.40 bits per heavy atom. The van der Waals surface area contributed by atoms with E-state index in [1.54, 1.807) is 29.2 Å². The summed E-state index contributed by atoms with van der Waals surface area (Å²) in [6.45, 7) is 2.42. The maximum atomic E-state index is 13.8. The monoisotopic (exact) mass is 384 g/mol. The Labute approximate surface area is 154 Å². The molecule has 132 valence electrons. The van der Waals surface area contributed by atoms with Gasteiger partial charge in [-0.05, 0) is 18.2 Å². The molecule has 1 aliphatic heterocycles. The van der Waals surface area contributed by atoms with E-state index in [-0.39, 0.29) is 10.9 Å². The van der Waals surface area contributed by atoms with Crippen LogP contribution >= 0.6 is 23.2 Å². The van der Waals surface area contributed by atoms with Crippen LogP contribution in [0.1, 0.15) is 15.9 Å². The number of hydrogen-bond donors (Lipinski definition) is 0. The summed E-state index contributed by atoms with van der Waals surface area (Å²) < 4.78 is 27.1. The molecular formula is C18H16Cl2F2N2O. The van der Waals surface area contributed by atoms with Gasteiger partial charge in [-0.2, -0.15) is 0 Å². The van der Waals surface area contributed by atoms with Crippen molar-refractivity contribution in [2.24, 2.45) is 0 Å². The van der Waals surface area contributed by atoms with Crippen molar-refractivity contribution in [3.05, 3.63) is 69.2 Å². The van der Waals surface area contributed by atoms with Crippen LogP contribution in [0.15, 0.2) is 36.4 Å². The predicted octanol–water partition coefficient (Wildman–Crippen LogP) is 4.23. The van der Waals surface area contributed by atoms with Crippen molar-refractivity contribution in [1.29, 1.82) is 0 Å². The first-order valence-electron chi connectivity index (χ1n) is 7.86. The van der Waals surface area contributed by atoms with E-state index in [0.29, 0.717) is 48.9 Å². The summed E-state index contributed by atoms with van der Waals surface area (Å²) in [5.41, 5.74) is 0.691. The van der Waals surface area contributed by atoms with E-state index in [1.807, 2.05) is 4.90 Å². The summed E-state index contributed by atoms with van der Waals surface area (Å²) in [6, 6.07) is 9.13. The second-order valence-corrected chi connectivity index (χ2v) is 6.67. The van der Waals surface area contributed by atoms with E-state index < -0.39 is 11.6 Å². The molecule has 7 heteroatoms. The van der Waals surface area contributed by atoms with Crippen LogP contribution in [0.3, 0.4) is 0 Å². The van der Waals surface area contributed by atoms with Crippen molar-refractivity contribution >= 4 is 29.1 Å². The molecule has 3 nitrogen and oxygen atoms in total. The highest BCUT2D eigenvalue weighted by molar-refractivity contribution is 6.43. The molecule has 0 N–H and O–H groups in total. The standard InChI is InChI=1S/C18H16Cl2F2N2O/c19-14-5-2-4-13(16(14)20)18(25)24-9-7-23(8-10-24)11-12-3-1-6-15(21)17(12)22/h1-6H,7-11H2. The first-order chi connectivity index (χ1) is 12.0. The molecule has 0 unspecified atom stereocenters. The number of carbonyl (C=O) groups is 1. The van der Waals surface area contributed by atoms with Crippen LogP contribution in [-0.4, -0.2) is 41.9 Å². The number of hydrogen-bond acceptors (Lipinski definition) is 2. The molecule has 2 aromatic rings. The van der Waals surface area contributed by atoms with Crippen molar-refractivity contribution < 1.29 is 13.6 Å². The number of amides is 1. The lowest BCUT2D eigenvalue weighted by atomic mass is 10.1. The first-order valence-corrected chi connectivity index (χ1v) is 8.61. The maximum Gasteiger partial charge on any atom is 0.255 e. The number of benzene rings is 2. The summed E-state index contributed by atoms with van der Waals surface area (Å²) in [7, 11) is 0. The number of rotatable bonds is 3. The highest BCUT2D eigenvalue weighted by atomic mass is 35.5. The van der Waals surface area contributed by atoms with Crippen LogP contribution < -0.4 is 0 Å². The zero-order valence-corrected chi connectivity index (χ0v) is 14.8. The van der Waals surface area contributed by atoms with Gasteiger partial charge in [0.1, 0.15) is 0 Å². The van der Waals surface area contributed by atoms with Crippen LogP contribution in [0.5, 0.6) is 0 Å². The lowest BCUT2D eigenvalue weighted by Gasteiger charge is -2.35. The molecule has 3 rings (SSSR count). The third kappa shape index (κ3) is 3.94. The summed E-state index contributed by atoms with van der Waals surface area (Å²) >= 11 is 12.1. The molecule has 0 saturated carbocycles. The fourth-order valence-corrected chi connectivity index (χ4v) is 3.24. The highest BCUT2D eigenvalue weighted by Gasteiger charge is 2.24. The summed E-state index contributed by atoms with van der Waals surface area (Å²) in [6.07, 6.45) is 0. The molecule has 1 saturated heterocycles. The minimum absolute atomic E-state index is 0.177. The Kier molecular flexibility index (Phi) is 5.57. The lowest BCUT2D eigenvalue weighted by molar-refractivity contribution is 0.0627. The minimum Gasteiger partial charge on any atom is -0.336 e. The molecule has 1 heterocycles. The smallest absolute Gasteiger partial charge is 0.255 e. The van der Waals surface area contributed by atoms with E-state index in [4.69, 9.17) is 23.2 Å². The molecule has 25 heavy (non-hydrogen) atoms. The summed E-state index contributed by atoms with van der Waals surface area (Å²) in [4.78, 5) is 16.3. The van der Waals surface area contributed by atoms with E-state index in [9.17, 15) is 13.6 Å². The van der Waals surface area contributed by atoms with Crippen LogP contribution in [-0.2, 0) is 6.54 Å². The first kappa shape index (κ1) is 18.1. The van der Waals surface area contributed by atoms with Gasteiger partial charge in [0, 0.05) is 38.3 Å². The largest absolute Gasteiger partial charge is 0.336 e. The average molecular weight is 385 g/mol. The van der Waals surface area contributed by atoms with Crippen molar-refractivity contribution in [1.82, 2.24) is 9.80 Å². The third-order valence-electron chi connectivity index (χ3n) is 4.27. The number of halogens is 4. The molecule has 1 amide bonds. The topological polar surface area (TPSA) is 23.6 Å². The van der Waals surface area contributed by atoms with Gasteiger partial charge < -0.3 is 4.90 Å². The fraction of sp³-hybridized carbons (Fsp3) is 0.278. The molecule has 1 fully saturated rings. The Balaban J connectivity index is 1.63. The molecule has 0 aromatic heterocycles. The van der Waals surface area contributed by atoms with Gasteiger partial charge in [-0.25, -0.2) is 8.78 Å². The second-order valence-electron chi connectivity index (χ2n) is 5.88. The van der Waals surface area contributed by atoms with Gasteiger partial charge in [0.15, 0.2) is 11.6 Å². The molecule has 1 aliphatic rings. The van der Waals surface area contributed by atoms with Gasteiger partial charge in [-0.1, -0.05) is 41.4 Å². The average Bonchev–Trinajstić information content (AvgIpc) is 2.61. The molecule has 0 aliphatic carbocycles. The van der Waals surface area contributed by atoms with E-state index in [0.717, 1.165) is 6.07 Å². The maximum absolute atomic E-state index is 13.8. The number of carbonyl (C=O) groups excluding carboxylic acids is 1. The summed E-state index contributed by atoms with van der Waals surface area (Å²) in [5, 5.41) is 0.589. The van der Waals surface area contributed by atoms with Crippen molar-refractivity contribution in [3.63, 3.8) is 0 Å². The number of nitrogens with zero attached hydrogens (tertiary/aromatic N) is 2. The third-order valence-corrected chi connectivity index (χ3v) is 5.09. The van der Waals surface area contributed by atoms with Crippen molar-refractivity contribution in [2.45, 2.75) is 6.54 Å². The van der Waals surface area contributed by atoms with Gasteiger partial charge >= 0.3 is 0 Å². The zero-order chi connectivity index (χ0) is 18.0. The summed E-state index contributed by atoms with van der Waals surface area (Å²) in [5.74, 6) is -1.84. The SMILES string of the molecule is O=C(c1cccc(Cl)c1Cl)N1CCN(Cc2cccc(F)c2F)CC1. The highest BCUT2D eigenvalue weighted by Crippen LogP contribution is 2.27. The number of piperazine rings is 1. The van der Waals surface area contributed by atoms with Gasteiger partial charge in [0.2, 0.25) is 0 Å². The van der Waals surface area contributed by atoms with Crippen LogP contribution in [0, 0.1) is 11.6 Å². The minimum atomic E-state index is -0.845. The Bertz CT molecular complexity index is 793. The zero-order valence-electron chi connectivity index (χ0n) is 13.3. The van der Waals surface area contributed by atoms with Crippen molar-refractivity contribution in [2.75, 3.05) is 26.2 Å². The molecule has 0 atom stereocenters. The van der Waals surface area contributed by atoms with E-state index >= 15 is 0 Å². The Morgan fingerprint density at radius 2 is 1.68 bits per heavy atom. The van der Waals surface area contributed by atoms with E-state index in [2.05, 4.69) is 0 Å². The van der Waals surface area contributed by atoms with Crippen molar-refractivity contribution in [3.8, 4) is 0 Å². The van der Waals surface area contributed by atoms with Crippen LogP contribution in [0.2, 0.25) is 10.0 Å². The van der Waals surface area contributed by atoms with Gasteiger partial charge in [0.25, 0.3) is 5.91 Å². The lowest BCUT2D eigenvalue weighted by Crippen LogP contribution is -2.48. The van der Waals surface area contributed by atoms with E-state index in [1.165, 1.54) is 6.07 Å². The van der Waals surface area contributed by atoms with Crippen LogP contribution in [0.4, 0.5) is 8.78 Å². The van der Waals surface area contributed by atoms with Gasteiger partial charge in [-0.15, -0.1) is 0 Å². The fourth-order valence-electron chi connectivity index (χ4n) is 2.86. The van der Waals surface area contributed by atoms with Crippen LogP contribution in [0.25, 0.3) is 0 Å². The molecule has 0 radical (unpaired) electrons. The second kappa shape index (κ2) is 7.68. The Hall–Kier alpha value is -1.69. The molecule has 0 spiro atoms. The van der Waals surface area contributed by atoms with Gasteiger partial charge in [-0.3, -0.25) is 9.69 Å². The Morgan fingerprint density at radius 1 is 1.00 bits per heavy atom. The molecule has 0 bridgehead atoms. The predicted molar refractivity (Wildman–Crippen MR) is 94.0 cm³/mol. The quantitative estimate of drug-likeness (QED) is 0.790. The molecular weight excluding hydrogens is 369 g/mol.